The molecule has 0 bridgehead atoms. The van der Waals surface area contributed by atoms with Crippen LogP contribution >= 0.6 is 0 Å². The summed E-state index contributed by atoms with van der Waals surface area (Å²) in [6.45, 7) is 0.259. The lowest BCUT2D eigenvalue weighted by molar-refractivity contribution is -0.116. The molecule has 1 N–H and O–H groups in total. The molecule has 0 radical (unpaired) electrons. The number of ether oxygens (including phenoxy) is 3. The first-order chi connectivity index (χ1) is 14.1. The molecule has 0 saturated heterocycles. The molecular weight excluding hydrogens is 372 g/mol. The fraction of sp³-hybridized carbons (Fsp3) is 0.182. The monoisotopic (exact) mass is 394 g/mol. The van der Waals surface area contributed by atoms with E-state index in [2.05, 4.69) is 10.5 Å². The van der Waals surface area contributed by atoms with Crippen LogP contribution in [-0.4, -0.2) is 32.4 Å². The van der Waals surface area contributed by atoms with Gasteiger partial charge in [0, 0.05) is 17.7 Å². The SMILES string of the molecule is COc1cc(C=CC(=O)NCc2cc(-c3ccccc3)on2)cc(OC)c1OC. The molecule has 1 amide bonds. The van der Waals surface area contributed by atoms with Crippen LogP contribution in [0.4, 0.5) is 0 Å². The Hall–Kier alpha value is -3.74. The Bertz CT molecular complexity index is 970. The topological polar surface area (TPSA) is 82.8 Å². The van der Waals surface area contributed by atoms with Gasteiger partial charge < -0.3 is 24.1 Å². The third kappa shape index (κ3) is 4.95. The van der Waals surface area contributed by atoms with E-state index in [1.165, 1.54) is 13.2 Å². The van der Waals surface area contributed by atoms with Crippen LogP contribution in [0.5, 0.6) is 17.2 Å². The molecule has 1 aromatic heterocycles. The predicted octanol–water partition coefficient (Wildman–Crippen LogP) is 3.70. The molecule has 0 fully saturated rings. The van der Waals surface area contributed by atoms with Gasteiger partial charge in [0.05, 0.1) is 27.9 Å². The van der Waals surface area contributed by atoms with Crippen LogP contribution in [0, 0.1) is 0 Å². The minimum Gasteiger partial charge on any atom is -0.493 e. The van der Waals surface area contributed by atoms with Crippen LogP contribution in [0.1, 0.15) is 11.3 Å². The Morgan fingerprint density at radius 2 is 1.72 bits per heavy atom. The van der Waals surface area contributed by atoms with Crippen LogP contribution in [0.3, 0.4) is 0 Å². The molecule has 7 nitrogen and oxygen atoms in total. The van der Waals surface area contributed by atoms with Crippen molar-refractivity contribution in [2.24, 2.45) is 0 Å². The van der Waals surface area contributed by atoms with Gasteiger partial charge in [0.25, 0.3) is 0 Å². The molecule has 0 aliphatic carbocycles. The van der Waals surface area contributed by atoms with Gasteiger partial charge in [0.1, 0.15) is 5.69 Å². The highest BCUT2D eigenvalue weighted by Gasteiger charge is 2.12. The molecule has 0 aliphatic heterocycles. The number of nitrogens with zero attached hydrogens (tertiary/aromatic N) is 1. The smallest absolute Gasteiger partial charge is 0.244 e. The van der Waals surface area contributed by atoms with E-state index in [1.807, 2.05) is 30.3 Å². The summed E-state index contributed by atoms with van der Waals surface area (Å²) in [6.07, 6.45) is 3.09. The molecule has 0 saturated carbocycles. The quantitative estimate of drug-likeness (QED) is 0.587. The van der Waals surface area contributed by atoms with Crippen molar-refractivity contribution in [3.05, 3.63) is 65.9 Å². The van der Waals surface area contributed by atoms with Gasteiger partial charge in [0.15, 0.2) is 17.3 Å². The zero-order valence-corrected chi connectivity index (χ0v) is 16.5. The van der Waals surface area contributed by atoms with E-state index < -0.39 is 0 Å². The number of methoxy groups -OCH3 is 3. The van der Waals surface area contributed by atoms with E-state index in [9.17, 15) is 4.79 Å². The number of aromatic nitrogens is 1. The van der Waals surface area contributed by atoms with Gasteiger partial charge in [-0.25, -0.2) is 0 Å². The predicted molar refractivity (Wildman–Crippen MR) is 109 cm³/mol. The van der Waals surface area contributed by atoms with Crippen molar-refractivity contribution < 1.29 is 23.5 Å². The zero-order valence-electron chi connectivity index (χ0n) is 16.5. The second kappa shape index (κ2) is 9.45. The first-order valence-corrected chi connectivity index (χ1v) is 8.91. The third-order valence-electron chi connectivity index (χ3n) is 4.18. The van der Waals surface area contributed by atoms with Crippen molar-refractivity contribution in [2.45, 2.75) is 6.54 Å². The van der Waals surface area contributed by atoms with Crippen LogP contribution in [0.15, 0.2) is 59.1 Å². The summed E-state index contributed by atoms with van der Waals surface area (Å²) in [6, 6.07) is 15.0. The number of nitrogens with one attached hydrogen (secondary N) is 1. The normalized spacial score (nSPS) is 10.7. The third-order valence-corrected chi connectivity index (χ3v) is 4.18. The second-order valence-electron chi connectivity index (χ2n) is 6.06. The van der Waals surface area contributed by atoms with E-state index in [-0.39, 0.29) is 12.5 Å². The highest BCUT2D eigenvalue weighted by atomic mass is 16.5. The van der Waals surface area contributed by atoms with Crippen molar-refractivity contribution in [3.63, 3.8) is 0 Å². The van der Waals surface area contributed by atoms with E-state index in [0.717, 1.165) is 11.1 Å². The van der Waals surface area contributed by atoms with Gasteiger partial charge in [-0.3, -0.25) is 4.79 Å². The molecule has 3 aromatic rings. The zero-order chi connectivity index (χ0) is 20.6. The number of hydrogen-bond donors (Lipinski definition) is 1. The Labute approximate surface area is 168 Å². The van der Waals surface area contributed by atoms with Crippen LogP contribution in [0.25, 0.3) is 17.4 Å². The molecule has 0 aliphatic rings. The standard InChI is InChI=1S/C22H22N2O5/c1-26-19-11-15(12-20(27-2)22(19)28-3)9-10-21(25)23-14-17-13-18(29-24-17)16-7-5-4-6-8-16/h4-13H,14H2,1-3H3,(H,23,25). The van der Waals surface area contributed by atoms with Crippen molar-refractivity contribution in [2.75, 3.05) is 21.3 Å². The molecule has 2 aromatic carbocycles. The molecule has 29 heavy (non-hydrogen) atoms. The number of rotatable bonds is 8. The van der Waals surface area contributed by atoms with Gasteiger partial charge >= 0.3 is 0 Å². The lowest BCUT2D eigenvalue weighted by Gasteiger charge is -2.12. The number of carbonyl (C=O) groups is 1. The average molecular weight is 394 g/mol. The maximum atomic E-state index is 12.2. The second-order valence-corrected chi connectivity index (χ2v) is 6.06. The summed E-state index contributed by atoms with van der Waals surface area (Å²) in [7, 11) is 4.62. The molecule has 0 atom stereocenters. The fourth-order valence-electron chi connectivity index (χ4n) is 2.74. The fourth-order valence-corrected chi connectivity index (χ4v) is 2.74. The van der Waals surface area contributed by atoms with Crippen LogP contribution < -0.4 is 19.5 Å². The summed E-state index contributed by atoms with van der Waals surface area (Å²) in [5, 5.41) is 6.76. The molecule has 3 rings (SSSR count). The summed E-state index contributed by atoms with van der Waals surface area (Å²) < 4.78 is 21.2. The Kier molecular flexibility index (Phi) is 6.52. The summed E-state index contributed by atoms with van der Waals surface area (Å²) in [5.41, 5.74) is 2.31. The van der Waals surface area contributed by atoms with Gasteiger partial charge in [-0.05, 0) is 23.8 Å². The van der Waals surface area contributed by atoms with Crippen molar-refractivity contribution >= 4 is 12.0 Å². The lowest BCUT2D eigenvalue weighted by atomic mass is 10.1. The van der Waals surface area contributed by atoms with Gasteiger partial charge in [-0.2, -0.15) is 0 Å². The Morgan fingerprint density at radius 1 is 1.03 bits per heavy atom. The summed E-state index contributed by atoms with van der Waals surface area (Å²) in [5.74, 6) is 1.92. The van der Waals surface area contributed by atoms with Crippen LogP contribution in [-0.2, 0) is 11.3 Å². The lowest BCUT2D eigenvalue weighted by Crippen LogP contribution is -2.20. The maximum absolute atomic E-state index is 12.2. The van der Waals surface area contributed by atoms with Gasteiger partial charge in [-0.15, -0.1) is 0 Å². The average Bonchev–Trinajstić information content (AvgIpc) is 3.25. The minimum absolute atomic E-state index is 0.259. The molecule has 0 unspecified atom stereocenters. The molecular formula is C22H22N2O5. The summed E-state index contributed by atoms with van der Waals surface area (Å²) in [4.78, 5) is 12.2. The van der Waals surface area contributed by atoms with Crippen molar-refractivity contribution in [1.82, 2.24) is 10.5 Å². The first kappa shape index (κ1) is 20.0. The van der Waals surface area contributed by atoms with Gasteiger partial charge in [-0.1, -0.05) is 35.5 Å². The van der Waals surface area contributed by atoms with Crippen molar-refractivity contribution in [1.29, 1.82) is 0 Å². The molecule has 0 spiro atoms. The van der Waals surface area contributed by atoms with Gasteiger partial charge in [0.2, 0.25) is 11.7 Å². The van der Waals surface area contributed by atoms with E-state index >= 15 is 0 Å². The largest absolute Gasteiger partial charge is 0.493 e. The highest BCUT2D eigenvalue weighted by Crippen LogP contribution is 2.38. The number of carbonyl (C=O) groups excluding carboxylic acids is 1. The Balaban J connectivity index is 1.62. The molecule has 1 heterocycles. The number of hydrogen-bond acceptors (Lipinski definition) is 6. The van der Waals surface area contributed by atoms with Crippen molar-refractivity contribution in [3.8, 4) is 28.6 Å². The van der Waals surface area contributed by atoms with Crippen LogP contribution in [0.2, 0.25) is 0 Å². The minimum atomic E-state index is -0.261. The van der Waals surface area contributed by atoms with E-state index in [4.69, 9.17) is 18.7 Å². The maximum Gasteiger partial charge on any atom is 0.244 e. The molecule has 7 heteroatoms. The Morgan fingerprint density at radius 3 is 2.34 bits per heavy atom. The first-order valence-electron chi connectivity index (χ1n) is 8.91. The highest BCUT2D eigenvalue weighted by molar-refractivity contribution is 5.91. The molecule has 150 valence electrons. The van der Waals surface area contributed by atoms with E-state index in [0.29, 0.717) is 28.7 Å². The van der Waals surface area contributed by atoms with E-state index in [1.54, 1.807) is 38.5 Å². The number of amides is 1. The number of benzene rings is 2. The summed E-state index contributed by atoms with van der Waals surface area (Å²) >= 11 is 0.